The third kappa shape index (κ3) is 6.59. The summed E-state index contributed by atoms with van der Waals surface area (Å²) < 4.78 is 11.2. The molecule has 4 nitrogen and oxygen atoms in total. The second kappa shape index (κ2) is 8.61. The van der Waals surface area contributed by atoms with Crippen molar-refractivity contribution in [3.8, 4) is 11.5 Å². The van der Waals surface area contributed by atoms with Crippen molar-refractivity contribution in [1.82, 2.24) is 5.32 Å². The van der Waals surface area contributed by atoms with Crippen LogP contribution in [0.3, 0.4) is 0 Å². The third-order valence-corrected chi connectivity index (χ3v) is 2.52. The van der Waals surface area contributed by atoms with E-state index in [0.29, 0.717) is 30.7 Å². The molecule has 112 valence electrons. The molecule has 0 amide bonds. The molecule has 0 saturated heterocycles. The number of benzene rings is 1. The molecule has 0 heterocycles. The van der Waals surface area contributed by atoms with E-state index in [0.717, 1.165) is 5.57 Å². The molecule has 0 aliphatic rings. The Bertz CT molecular complexity index is 418. The SMILES string of the molecule is C=C(C)COc1ccccc1OCC(O)CNC(C)C. The third-order valence-electron chi connectivity index (χ3n) is 2.52. The molecule has 0 fully saturated rings. The highest BCUT2D eigenvalue weighted by molar-refractivity contribution is 5.39. The Morgan fingerprint density at radius 2 is 1.85 bits per heavy atom. The predicted octanol–water partition coefficient (Wildman–Crippen LogP) is 2.38. The maximum atomic E-state index is 9.83. The largest absolute Gasteiger partial charge is 0.487 e. The van der Waals surface area contributed by atoms with Gasteiger partial charge in [0.1, 0.15) is 19.3 Å². The fraction of sp³-hybridized carbons (Fsp3) is 0.500. The van der Waals surface area contributed by atoms with Crippen LogP contribution in [-0.2, 0) is 0 Å². The molecular formula is C16H25NO3. The number of para-hydroxylation sites is 2. The van der Waals surface area contributed by atoms with E-state index in [2.05, 4.69) is 11.9 Å². The van der Waals surface area contributed by atoms with Gasteiger partial charge in [-0.15, -0.1) is 0 Å². The zero-order valence-electron chi connectivity index (χ0n) is 12.6. The summed E-state index contributed by atoms with van der Waals surface area (Å²) in [5.41, 5.74) is 0.945. The normalized spacial score (nSPS) is 12.2. The van der Waals surface area contributed by atoms with Crippen LogP contribution in [0.15, 0.2) is 36.4 Å². The van der Waals surface area contributed by atoms with Crippen LogP contribution in [0.1, 0.15) is 20.8 Å². The lowest BCUT2D eigenvalue weighted by Gasteiger charge is -2.17. The van der Waals surface area contributed by atoms with Gasteiger partial charge in [-0.05, 0) is 24.6 Å². The van der Waals surface area contributed by atoms with Crippen molar-refractivity contribution in [3.05, 3.63) is 36.4 Å². The van der Waals surface area contributed by atoms with Gasteiger partial charge in [0, 0.05) is 12.6 Å². The summed E-state index contributed by atoms with van der Waals surface area (Å²) in [6.07, 6.45) is -0.549. The summed E-state index contributed by atoms with van der Waals surface area (Å²) in [6, 6.07) is 7.78. The van der Waals surface area contributed by atoms with Crippen LogP contribution in [0, 0.1) is 0 Å². The van der Waals surface area contributed by atoms with Gasteiger partial charge >= 0.3 is 0 Å². The van der Waals surface area contributed by atoms with Gasteiger partial charge < -0.3 is 19.9 Å². The molecular weight excluding hydrogens is 254 g/mol. The summed E-state index contributed by atoms with van der Waals surface area (Å²) in [4.78, 5) is 0. The van der Waals surface area contributed by atoms with E-state index in [-0.39, 0.29) is 6.61 Å². The lowest BCUT2D eigenvalue weighted by atomic mass is 10.3. The van der Waals surface area contributed by atoms with Crippen molar-refractivity contribution in [3.63, 3.8) is 0 Å². The highest BCUT2D eigenvalue weighted by Gasteiger charge is 2.09. The molecule has 0 aliphatic carbocycles. The van der Waals surface area contributed by atoms with Crippen LogP contribution < -0.4 is 14.8 Å². The molecule has 20 heavy (non-hydrogen) atoms. The second-order valence-electron chi connectivity index (χ2n) is 5.22. The second-order valence-corrected chi connectivity index (χ2v) is 5.22. The van der Waals surface area contributed by atoms with E-state index in [1.54, 1.807) is 0 Å². The van der Waals surface area contributed by atoms with Gasteiger partial charge in [-0.25, -0.2) is 0 Å². The Balaban J connectivity index is 2.48. The number of ether oxygens (including phenoxy) is 2. The number of rotatable bonds is 9. The molecule has 4 heteroatoms. The molecule has 0 radical (unpaired) electrons. The van der Waals surface area contributed by atoms with Crippen LogP contribution in [0.4, 0.5) is 0 Å². The lowest BCUT2D eigenvalue weighted by Crippen LogP contribution is -2.35. The lowest BCUT2D eigenvalue weighted by molar-refractivity contribution is 0.102. The number of hydrogen-bond acceptors (Lipinski definition) is 4. The van der Waals surface area contributed by atoms with Crippen molar-refractivity contribution in [2.24, 2.45) is 0 Å². The van der Waals surface area contributed by atoms with Crippen molar-refractivity contribution in [2.45, 2.75) is 32.9 Å². The van der Waals surface area contributed by atoms with Crippen LogP contribution in [-0.4, -0.2) is 37.0 Å². The summed E-state index contributed by atoms with van der Waals surface area (Å²) in [5, 5.41) is 13.0. The first-order valence-electron chi connectivity index (χ1n) is 6.89. The first-order chi connectivity index (χ1) is 9.49. The van der Waals surface area contributed by atoms with E-state index >= 15 is 0 Å². The zero-order chi connectivity index (χ0) is 15.0. The highest BCUT2D eigenvalue weighted by atomic mass is 16.5. The fourth-order valence-corrected chi connectivity index (χ4v) is 1.51. The number of hydrogen-bond donors (Lipinski definition) is 2. The van der Waals surface area contributed by atoms with Gasteiger partial charge in [-0.2, -0.15) is 0 Å². The maximum Gasteiger partial charge on any atom is 0.161 e. The molecule has 1 rings (SSSR count). The minimum absolute atomic E-state index is 0.229. The molecule has 2 N–H and O–H groups in total. The Hall–Kier alpha value is -1.52. The van der Waals surface area contributed by atoms with Crippen LogP contribution in [0.2, 0.25) is 0 Å². The Morgan fingerprint density at radius 1 is 1.25 bits per heavy atom. The molecule has 0 spiro atoms. The Morgan fingerprint density at radius 3 is 2.40 bits per heavy atom. The molecule has 0 bridgehead atoms. The summed E-state index contributed by atoms with van der Waals surface area (Å²) in [6.45, 7) is 11.0. The molecule has 0 aliphatic heterocycles. The molecule has 1 aromatic carbocycles. The topological polar surface area (TPSA) is 50.7 Å². The van der Waals surface area contributed by atoms with Crippen LogP contribution in [0.5, 0.6) is 11.5 Å². The van der Waals surface area contributed by atoms with Crippen molar-refractivity contribution in [1.29, 1.82) is 0 Å². The van der Waals surface area contributed by atoms with Gasteiger partial charge in [0.2, 0.25) is 0 Å². The van der Waals surface area contributed by atoms with E-state index < -0.39 is 6.10 Å². The first kappa shape index (κ1) is 16.5. The Labute approximate surface area is 121 Å². The molecule has 1 atom stereocenters. The molecule has 0 aromatic heterocycles. The summed E-state index contributed by atoms with van der Waals surface area (Å²) in [5.74, 6) is 1.30. The molecule has 1 unspecified atom stereocenters. The van der Waals surface area contributed by atoms with Gasteiger partial charge in [0.15, 0.2) is 11.5 Å². The highest BCUT2D eigenvalue weighted by Crippen LogP contribution is 2.26. The number of aliphatic hydroxyl groups excluding tert-OH is 1. The van der Waals surface area contributed by atoms with Crippen LogP contribution >= 0.6 is 0 Å². The maximum absolute atomic E-state index is 9.83. The average Bonchev–Trinajstić information content (AvgIpc) is 2.41. The van der Waals surface area contributed by atoms with E-state index in [4.69, 9.17) is 9.47 Å². The summed E-state index contributed by atoms with van der Waals surface area (Å²) >= 11 is 0. The predicted molar refractivity (Wildman–Crippen MR) is 81.4 cm³/mol. The summed E-state index contributed by atoms with van der Waals surface area (Å²) in [7, 11) is 0. The number of nitrogens with one attached hydrogen (secondary N) is 1. The van der Waals surface area contributed by atoms with Crippen molar-refractivity contribution in [2.75, 3.05) is 19.8 Å². The molecule has 1 aromatic rings. The fourth-order valence-electron chi connectivity index (χ4n) is 1.51. The number of aliphatic hydroxyl groups is 1. The van der Waals surface area contributed by atoms with Crippen molar-refractivity contribution < 1.29 is 14.6 Å². The molecule has 0 saturated carbocycles. The quantitative estimate of drug-likeness (QED) is 0.681. The first-order valence-corrected chi connectivity index (χ1v) is 6.89. The average molecular weight is 279 g/mol. The van der Waals surface area contributed by atoms with E-state index in [1.807, 2.05) is 45.0 Å². The van der Waals surface area contributed by atoms with E-state index in [1.165, 1.54) is 0 Å². The zero-order valence-corrected chi connectivity index (χ0v) is 12.6. The minimum Gasteiger partial charge on any atom is -0.487 e. The van der Waals surface area contributed by atoms with Gasteiger partial charge in [-0.1, -0.05) is 32.6 Å². The minimum atomic E-state index is -0.549. The monoisotopic (exact) mass is 279 g/mol. The Kier molecular flexibility index (Phi) is 7.12. The smallest absolute Gasteiger partial charge is 0.161 e. The van der Waals surface area contributed by atoms with E-state index in [9.17, 15) is 5.11 Å². The van der Waals surface area contributed by atoms with Crippen molar-refractivity contribution >= 4 is 0 Å². The van der Waals surface area contributed by atoms with Gasteiger partial charge in [0.25, 0.3) is 0 Å². The standard InChI is InChI=1S/C16H25NO3/c1-12(2)10-19-15-7-5-6-8-16(15)20-11-14(18)9-17-13(3)4/h5-8,13-14,17-18H,1,9-11H2,2-4H3. The van der Waals surface area contributed by atoms with Crippen LogP contribution in [0.25, 0.3) is 0 Å². The van der Waals surface area contributed by atoms with Gasteiger partial charge in [0.05, 0.1) is 0 Å². The van der Waals surface area contributed by atoms with Gasteiger partial charge in [-0.3, -0.25) is 0 Å².